The van der Waals surface area contributed by atoms with Crippen LogP contribution in [0.1, 0.15) is 24.5 Å². The zero-order valence-electron chi connectivity index (χ0n) is 16.1. The summed E-state index contributed by atoms with van der Waals surface area (Å²) in [7, 11) is -3.67. The maximum atomic E-state index is 13.5. The predicted octanol–water partition coefficient (Wildman–Crippen LogP) is 5.53. The van der Waals surface area contributed by atoms with Crippen LogP contribution in [0.3, 0.4) is 0 Å². The molecule has 0 aliphatic carbocycles. The van der Waals surface area contributed by atoms with E-state index in [0.29, 0.717) is 11.4 Å². The third kappa shape index (κ3) is 3.36. The normalized spacial score (nSPS) is 15.1. The zero-order chi connectivity index (χ0) is 19.7. The van der Waals surface area contributed by atoms with Crippen molar-refractivity contribution >= 4 is 26.5 Å². The summed E-state index contributed by atoms with van der Waals surface area (Å²) in [6.07, 6.45) is 4.77. The van der Waals surface area contributed by atoms with Crippen LogP contribution >= 0.6 is 0 Å². The molecule has 0 spiro atoms. The number of allylic oxidation sites excluding steroid dienone is 2. The first-order valence-electron chi connectivity index (χ1n) is 9.40. The highest BCUT2D eigenvalue weighted by Gasteiger charge is 2.28. The van der Waals surface area contributed by atoms with E-state index < -0.39 is 10.0 Å². The molecule has 1 aliphatic rings. The van der Waals surface area contributed by atoms with Crippen molar-refractivity contribution in [3.05, 3.63) is 95.6 Å². The van der Waals surface area contributed by atoms with Gasteiger partial charge in [-0.15, -0.1) is 0 Å². The summed E-state index contributed by atoms with van der Waals surface area (Å²) in [6.45, 7) is 4.33. The summed E-state index contributed by atoms with van der Waals surface area (Å²) in [5.74, 6) is 0. The SMILES string of the molecule is CC1=CCN(S(=O)(=O)c2ccc(C)cc2)C(c2cccc3ccccc23)=CC1. The standard InChI is InChI=1S/C24H23NO2S/c1-18-10-13-21(14-11-18)28(26,27)25-17-16-19(2)12-15-24(25)23-9-5-7-20-6-3-4-8-22(20)23/h3-11,13-16H,12,17H2,1-2H3. The number of nitrogens with zero attached hydrogens (tertiary/aromatic N) is 1. The van der Waals surface area contributed by atoms with E-state index in [1.54, 1.807) is 12.1 Å². The maximum absolute atomic E-state index is 13.5. The van der Waals surface area contributed by atoms with E-state index in [1.807, 2.05) is 68.5 Å². The number of sulfonamides is 1. The lowest BCUT2D eigenvalue weighted by Crippen LogP contribution is -2.29. The van der Waals surface area contributed by atoms with E-state index in [0.717, 1.165) is 34.0 Å². The van der Waals surface area contributed by atoms with Gasteiger partial charge in [0.2, 0.25) is 0 Å². The van der Waals surface area contributed by atoms with Gasteiger partial charge in [0, 0.05) is 5.56 Å². The van der Waals surface area contributed by atoms with Gasteiger partial charge in [0.1, 0.15) is 0 Å². The molecule has 0 amide bonds. The molecule has 28 heavy (non-hydrogen) atoms. The van der Waals surface area contributed by atoms with Crippen LogP contribution in [0.15, 0.2) is 89.4 Å². The van der Waals surface area contributed by atoms with Gasteiger partial charge in [-0.2, -0.15) is 0 Å². The summed E-state index contributed by atoms with van der Waals surface area (Å²) >= 11 is 0. The van der Waals surface area contributed by atoms with Crippen LogP contribution in [0, 0.1) is 6.92 Å². The maximum Gasteiger partial charge on any atom is 0.264 e. The van der Waals surface area contributed by atoms with Crippen molar-refractivity contribution < 1.29 is 8.42 Å². The molecule has 3 nitrogen and oxygen atoms in total. The second-order valence-corrected chi connectivity index (χ2v) is 9.08. The van der Waals surface area contributed by atoms with Crippen LogP contribution in [0.5, 0.6) is 0 Å². The molecular formula is C24H23NO2S. The second-order valence-electron chi connectivity index (χ2n) is 7.22. The van der Waals surface area contributed by atoms with Crippen LogP contribution in [-0.4, -0.2) is 19.3 Å². The molecule has 1 aliphatic heterocycles. The largest absolute Gasteiger partial charge is 0.264 e. The van der Waals surface area contributed by atoms with Crippen molar-refractivity contribution in [1.29, 1.82) is 0 Å². The summed E-state index contributed by atoms with van der Waals surface area (Å²) in [6, 6.07) is 21.2. The van der Waals surface area contributed by atoms with Gasteiger partial charge in [-0.1, -0.05) is 77.9 Å². The van der Waals surface area contributed by atoms with Gasteiger partial charge in [-0.25, -0.2) is 8.42 Å². The lowest BCUT2D eigenvalue weighted by atomic mass is 10.0. The Morgan fingerprint density at radius 3 is 2.32 bits per heavy atom. The van der Waals surface area contributed by atoms with E-state index in [2.05, 4.69) is 12.1 Å². The fourth-order valence-corrected chi connectivity index (χ4v) is 4.98. The predicted molar refractivity (Wildman–Crippen MR) is 115 cm³/mol. The van der Waals surface area contributed by atoms with Gasteiger partial charge in [-0.05, 0) is 43.2 Å². The minimum atomic E-state index is -3.67. The zero-order valence-corrected chi connectivity index (χ0v) is 16.9. The van der Waals surface area contributed by atoms with Crippen molar-refractivity contribution in [3.8, 4) is 0 Å². The molecule has 0 saturated heterocycles. The van der Waals surface area contributed by atoms with E-state index in [9.17, 15) is 8.42 Å². The van der Waals surface area contributed by atoms with Crippen molar-refractivity contribution in [3.63, 3.8) is 0 Å². The van der Waals surface area contributed by atoms with Crippen LogP contribution in [0.2, 0.25) is 0 Å². The van der Waals surface area contributed by atoms with Crippen LogP contribution < -0.4 is 0 Å². The third-order valence-electron chi connectivity index (χ3n) is 5.17. The Bertz CT molecular complexity index is 1180. The number of aryl methyl sites for hydroxylation is 1. The van der Waals surface area contributed by atoms with Crippen molar-refractivity contribution in [2.75, 3.05) is 6.54 Å². The molecule has 142 valence electrons. The molecule has 0 aromatic heterocycles. The first kappa shape index (κ1) is 18.5. The Kier molecular flexibility index (Phi) is 4.82. The highest BCUT2D eigenvalue weighted by molar-refractivity contribution is 7.89. The minimum Gasteiger partial charge on any atom is -0.262 e. The molecule has 3 aromatic carbocycles. The molecule has 4 rings (SSSR count). The third-order valence-corrected chi connectivity index (χ3v) is 6.96. The summed E-state index contributed by atoms with van der Waals surface area (Å²) in [5.41, 5.74) is 3.89. The Morgan fingerprint density at radius 2 is 1.54 bits per heavy atom. The molecule has 0 N–H and O–H groups in total. The fraction of sp³-hybridized carbons (Fsp3) is 0.167. The molecule has 4 heteroatoms. The average molecular weight is 390 g/mol. The lowest BCUT2D eigenvalue weighted by molar-refractivity contribution is 0.532. The highest BCUT2D eigenvalue weighted by atomic mass is 32.2. The van der Waals surface area contributed by atoms with Crippen LogP contribution in [-0.2, 0) is 10.0 Å². The monoisotopic (exact) mass is 389 g/mol. The average Bonchev–Trinajstić information content (AvgIpc) is 2.90. The van der Waals surface area contributed by atoms with Gasteiger partial charge in [0.25, 0.3) is 10.0 Å². The van der Waals surface area contributed by atoms with Gasteiger partial charge < -0.3 is 0 Å². The molecule has 0 fully saturated rings. The first-order valence-corrected chi connectivity index (χ1v) is 10.8. The Hall–Kier alpha value is -2.85. The number of hydrogen-bond donors (Lipinski definition) is 0. The molecule has 3 aromatic rings. The van der Waals surface area contributed by atoms with E-state index in [1.165, 1.54) is 9.88 Å². The van der Waals surface area contributed by atoms with E-state index in [-0.39, 0.29) is 0 Å². The van der Waals surface area contributed by atoms with Crippen LogP contribution in [0.4, 0.5) is 0 Å². The number of hydrogen-bond acceptors (Lipinski definition) is 2. The molecule has 1 heterocycles. The quantitative estimate of drug-likeness (QED) is 0.552. The van der Waals surface area contributed by atoms with Gasteiger partial charge in [0.15, 0.2) is 0 Å². The second kappa shape index (κ2) is 7.28. The first-order chi connectivity index (χ1) is 13.5. The number of fused-ring (bicyclic) bond motifs is 1. The summed E-state index contributed by atoms with van der Waals surface area (Å²) in [5, 5.41) is 2.16. The van der Waals surface area contributed by atoms with Gasteiger partial charge in [0.05, 0.1) is 17.1 Å². The van der Waals surface area contributed by atoms with Gasteiger partial charge in [-0.3, -0.25) is 4.31 Å². The number of benzene rings is 3. The Morgan fingerprint density at radius 1 is 0.821 bits per heavy atom. The van der Waals surface area contributed by atoms with Crippen molar-refractivity contribution in [2.24, 2.45) is 0 Å². The summed E-state index contributed by atoms with van der Waals surface area (Å²) in [4.78, 5) is 0.317. The molecular weight excluding hydrogens is 366 g/mol. The van der Waals surface area contributed by atoms with Gasteiger partial charge >= 0.3 is 0 Å². The van der Waals surface area contributed by atoms with Crippen LogP contribution in [0.25, 0.3) is 16.5 Å². The highest BCUT2D eigenvalue weighted by Crippen LogP contribution is 2.33. The number of rotatable bonds is 3. The van der Waals surface area contributed by atoms with E-state index >= 15 is 0 Å². The molecule has 0 radical (unpaired) electrons. The Labute approximate surface area is 166 Å². The van der Waals surface area contributed by atoms with Crippen molar-refractivity contribution in [2.45, 2.75) is 25.2 Å². The topological polar surface area (TPSA) is 37.4 Å². The smallest absolute Gasteiger partial charge is 0.262 e. The lowest BCUT2D eigenvalue weighted by Gasteiger charge is -2.26. The molecule has 0 unspecified atom stereocenters. The Balaban J connectivity index is 1.89. The molecule has 0 bridgehead atoms. The van der Waals surface area contributed by atoms with Crippen molar-refractivity contribution in [1.82, 2.24) is 4.31 Å². The molecule has 0 atom stereocenters. The fourth-order valence-electron chi connectivity index (χ4n) is 3.54. The van der Waals surface area contributed by atoms with E-state index in [4.69, 9.17) is 0 Å². The minimum absolute atomic E-state index is 0.317. The summed E-state index contributed by atoms with van der Waals surface area (Å²) < 4.78 is 28.6. The molecule has 0 saturated carbocycles.